The Morgan fingerprint density at radius 3 is 2.39 bits per heavy atom. The highest BCUT2D eigenvalue weighted by Gasteiger charge is 2.20. The summed E-state index contributed by atoms with van der Waals surface area (Å²) in [6.45, 7) is 1.75. The van der Waals surface area contributed by atoms with Crippen LogP contribution >= 0.6 is 0 Å². The molecular weight excluding hydrogens is 532 g/mol. The SMILES string of the molecule is COc1cc2nccc(Oc3ccc(CC(=O)c4cn(C)c(C)c(-c5ccc(F)cc5)c4=O)cc3F)c2nc1OC. The lowest BCUT2D eigenvalue weighted by Crippen LogP contribution is -2.22. The van der Waals surface area contributed by atoms with E-state index in [0.717, 1.165) is 0 Å². The zero-order valence-electron chi connectivity index (χ0n) is 22.7. The van der Waals surface area contributed by atoms with Crippen LogP contribution < -0.4 is 19.6 Å². The van der Waals surface area contributed by atoms with Gasteiger partial charge in [0.05, 0.1) is 25.3 Å². The van der Waals surface area contributed by atoms with Gasteiger partial charge in [-0.3, -0.25) is 14.6 Å². The number of ether oxygens (including phenoxy) is 3. The molecule has 0 aliphatic carbocycles. The molecule has 5 aromatic rings. The molecular formula is C31H25F2N3O5. The van der Waals surface area contributed by atoms with E-state index < -0.39 is 22.8 Å². The number of ketones is 1. The Morgan fingerprint density at radius 1 is 0.951 bits per heavy atom. The van der Waals surface area contributed by atoms with Crippen molar-refractivity contribution in [2.75, 3.05) is 14.2 Å². The smallest absolute Gasteiger partial charge is 0.257 e. The lowest BCUT2D eigenvalue weighted by Gasteiger charge is -2.14. The summed E-state index contributed by atoms with van der Waals surface area (Å²) in [4.78, 5) is 35.2. The molecule has 5 rings (SSSR count). The van der Waals surface area contributed by atoms with E-state index in [2.05, 4.69) is 9.97 Å². The van der Waals surface area contributed by atoms with Gasteiger partial charge in [0.2, 0.25) is 0 Å². The minimum absolute atomic E-state index is 0.0446. The van der Waals surface area contributed by atoms with E-state index in [-0.39, 0.29) is 29.4 Å². The van der Waals surface area contributed by atoms with Crippen LogP contribution in [0.2, 0.25) is 0 Å². The number of pyridine rings is 3. The highest BCUT2D eigenvalue weighted by atomic mass is 19.1. The van der Waals surface area contributed by atoms with Crippen LogP contribution in [-0.2, 0) is 13.5 Å². The monoisotopic (exact) mass is 557 g/mol. The number of aromatic nitrogens is 3. The number of fused-ring (bicyclic) bond motifs is 1. The third kappa shape index (κ3) is 5.36. The maximum atomic E-state index is 15.2. The van der Waals surface area contributed by atoms with E-state index in [1.165, 1.54) is 63.0 Å². The Hall–Kier alpha value is -5.12. The molecule has 3 heterocycles. The predicted molar refractivity (Wildman–Crippen MR) is 149 cm³/mol. The number of rotatable bonds is 8. The first-order chi connectivity index (χ1) is 19.7. The fraction of sp³-hybridized carbons (Fsp3) is 0.161. The third-order valence-electron chi connectivity index (χ3n) is 6.72. The van der Waals surface area contributed by atoms with E-state index in [1.807, 2.05) is 0 Å². The second kappa shape index (κ2) is 11.2. The number of methoxy groups -OCH3 is 2. The molecule has 0 amide bonds. The van der Waals surface area contributed by atoms with Crippen molar-refractivity contribution < 1.29 is 27.8 Å². The number of hydrogen-bond acceptors (Lipinski definition) is 7. The maximum absolute atomic E-state index is 15.2. The van der Waals surface area contributed by atoms with Crippen LogP contribution in [0.15, 0.2) is 71.8 Å². The second-order valence-corrected chi connectivity index (χ2v) is 9.29. The fourth-order valence-electron chi connectivity index (χ4n) is 4.50. The molecule has 41 heavy (non-hydrogen) atoms. The average molecular weight is 558 g/mol. The van der Waals surface area contributed by atoms with Crippen molar-refractivity contribution in [3.63, 3.8) is 0 Å². The number of carbonyl (C=O) groups excluding carboxylic acids is 1. The molecule has 0 unspecified atom stereocenters. The van der Waals surface area contributed by atoms with Crippen LogP contribution in [0.4, 0.5) is 8.78 Å². The number of carbonyl (C=O) groups is 1. The first-order valence-corrected chi connectivity index (χ1v) is 12.5. The van der Waals surface area contributed by atoms with Crippen LogP contribution in [-0.4, -0.2) is 34.5 Å². The van der Waals surface area contributed by atoms with E-state index in [0.29, 0.717) is 39.2 Å². The van der Waals surface area contributed by atoms with E-state index >= 15 is 4.39 Å². The van der Waals surface area contributed by atoms with Gasteiger partial charge in [-0.2, -0.15) is 0 Å². The van der Waals surface area contributed by atoms with Gasteiger partial charge in [0.15, 0.2) is 34.3 Å². The van der Waals surface area contributed by atoms with Crippen molar-refractivity contribution in [3.05, 3.63) is 106 Å². The van der Waals surface area contributed by atoms with Crippen molar-refractivity contribution in [2.45, 2.75) is 13.3 Å². The van der Waals surface area contributed by atoms with Gasteiger partial charge >= 0.3 is 0 Å². The molecule has 0 fully saturated rings. The molecule has 0 bridgehead atoms. The maximum Gasteiger partial charge on any atom is 0.257 e. The normalized spacial score (nSPS) is 11.0. The summed E-state index contributed by atoms with van der Waals surface area (Å²) >= 11 is 0. The minimum Gasteiger partial charge on any atom is -0.491 e. The lowest BCUT2D eigenvalue weighted by atomic mass is 9.97. The third-order valence-corrected chi connectivity index (χ3v) is 6.72. The van der Waals surface area contributed by atoms with E-state index in [4.69, 9.17) is 14.2 Å². The number of benzene rings is 2. The lowest BCUT2D eigenvalue weighted by molar-refractivity contribution is 0.0991. The molecule has 0 spiro atoms. The first-order valence-electron chi connectivity index (χ1n) is 12.5. The van der Waals surface area contributed by atoms with Gasteiger partial charge < -0.3 is 18.8 Å². The molecule has 3 aromatic heterocycles. The van der Waals surface area contributed by atoms with Crippen LogP contribution in [0.5, 0.6) is 23.1 Å². The minimum atomic E-state index is -0.704. The van der Waals surface area contributed by atoms with Crippen LogP contribution in [0, 0.1) is 18.6 Å². The Labute approximate surface area is 233 Å². The number of aryl methyl sites for hydroxylation is 1. The summed E-state index contributed by atoms with van der Waals surface area (Å²) in [6, 6.07) is 12.8. The quantitative estimate of drug-likeness (QED) is 0.222. The Morgan fingerprint density at radius 2 is 1.71 bits per heavy atom. The standard InChI is InChI=1S/C31H25F2N3O5/c1-17-28(19-6-8-20(32)9-7-19)30(38)21(16-36(17)2)24(37)14-18-5-10-25(22(33)13-18)41-26-11-12-34-23-15-27(39-3)31(40-4)35-29(23)26/h5-13,15-16H,14H2,1-4H3. The van der Waals surface area contributed by atoms with Gasteiger partial charge in [0.25, 0.3) is 5.88 Å². The van der Waals surface area contributed by atoms with E-state index in [1.54, 1.807) is 36.7 Å². The van der Waals surface area contributed by atoms with Gasteiger partial charge in [-0.15, -0.1) is 0 Å². The molecule has 0 radical (unpaired) electrons. The first kappa shape index (κ1) is 27.4. The highest BCUT2D eigenvalue weighted by Crippen LogP contribution is 2.34. The van der Waals surface area contributed by atoms with Crippen LogP contribution in [0.25, 0.3) is 22.2 Å². The molecule has 208 valence electrons. The largest absolute Gasteiger partial charge is 0.491 e. The average Bonchev–Trinajstić information content (AvgIpc) is 2.96. The van der Waals surface area contributed by atoms with Gasteiger partial charge in [-0.05, 0) is 42.3 Å². The number of hydrogen-bond donors (Lipinski definition) is 0. The predicted octanol–water partition coefficient (Wildman–Crippen LogP) is 5.82. The van der Waals surface area contributed by atoms with Crippen molar-refractivity contribution in [2.24, 2.45) is 7.05 Å². The van der Waals surface area contributed by atoms with Gasteiger partial charge in [-0.1, -0.05) is 18.2 Å². The zero-order valence-corrected chi connectivity index (χ0v) is 22.7. The van der Waals surface area contributed by atoms with Gasteiger partial charge in [-0.25, -0.2) is 13.8 Å². The van der Waals surface area contributed by atoms with Crippen molar-refractivity contribution >= 4 is 16.8 Å². The molecule has 8 nitrogen and oxygen atoms in total. The summed E-state index contributed by atoms with van der Waals surface area (Å²) in [5.41, 5.74) is 2.08. The number of halogens is 2. The molecule has 0 aliphatic heterocycles. The molecule has 10 heteroatoms. The second-order valence-electron chi connectivity index (χ2n) is 9.29. The molecule has 0 saturated carbocycles. The van der Waals surface area contributed by atoms with Crippen molar-refractivity contribution in [1.29, 1.82) is 0 Å². The zero-order chi connectivity index (χ0) is 29.3. The topological polar surface area (TPSA) is 92.5 Å². The molecule has 2 aromatic carbocycles. The van der Waals surface area contributed by atoms with Crippen LogP contribution in [0.1, 0.15) is 21.6 Å². The summed E-state index contributed by atoms with van der Waals surface area (Å²) in [7, 11) is 4.64. The summed E-state index contributed by atoms with van der Waals surface area (Å²) in [5.74, 6) is -0.851. The Balaban J connectivity index is 1.42. The summed E-state index contributed by atoms with van der Waals surface area (Å²) < 4.78 is 46.6. The molecule has 0 atom stereocenters. The number of nitrogens with zero attached hydrogens (tertiary/aromatic N) is 3. The van der Waals surface area contributed by atoms with Crippen molar-refractivity contribution in [3.8, 4) is 34.3 Å². The summed E-state index contributed by atoms with van der Waals surface area (Å²) in [5, 5.41) is 0. The van der Waals surface area contributed by atoms with Crippen LogP contribution in [0.3, 0.4) is 0 Å². The summed E-state index contributed by atoms with van der Waals surface area (Å²) in [6.07, 6.45) is 2.75. The fourth-order valence-corrected chi connectivity index (χ4v) is 4.50. The molecule has 0 aliphatic rings. The van der Waals surface area contributed by atoms with Gasteiger partial charge in [0.1, 0.15) is 11.3 Å². The van der Waals surface area contributed by atoms with E-state index in [9.17, 15) is 14.0 Å². The van der Waals surface area contributed by atoms with Crippen molar-refractivity contribution in [1.82, 2.24) is 14.5 Å². The Bertz CT molecular complexity index is 1850. The number of Topliss-reactive ketones (excluding diaryl/α,β-unsaturated/α-hetero) is 1. The Kier molecular flexibility index (Phi) is 7.47. The van der Waals surface area contributed by atoms with Gasteiger partial charge in [0, 0.05) is 49.3 Å². The molecule has 0 saturated heterocycles. The highest BCUT2D eigenvalue weighted by molar-refractivity contribution is 5.98. The molecule has 0 N–H and O–H groups in total.